The molecular weight excluding hydrogens is 516 g/mol. The zero-order valence-electron chi connectivity index (χ0n) is 21.7. The summed E-state index contributed by atoms with van der Waals surface area (Å²) in [6.45, 7) is 0. The number of hydrogen-bond donors (Lipinski definition) is 3. The van der Waals surface area contributed by atoms with Gasteiger partial charge < -0.3 is 24.8 Å². The lowest BCUT2D eigenvalue weighted by atomic mass is 9.94. The second-order valence-corrected chi connectivity index (χ2v) is 8.41. The molecule has 0 aliphatic heterocycles. The first-order valence-corrected chi connectivity index (χ1v) is 11.9. The van der Waals surface area contributed by atoms with Crippen LogP contribution < -0.4 is 9.47 Å². The molecule has 0 heterocycles. The third-order valence-corrected chi connectivity index (χ3v) is 5.62. The third kappa shape index (κ3) is 7.55. The molecule has 0 saturated heterocycles. The highest BCUT2D eigenvalue weighted by molar-refractivity contribution is 6.50. The second kappa shape index (κ2) is 13.4. The summed E-state index contributed by atoms with van der Waals surface area (Å²) in [5.74, 6) is -1.45. The molecule has 0 spiro atoms. The first-order valence-electron chi connectivity index (χ1n) is 11.9. The quantitative estimate of drug-likeness (QED) is 0.209. The highest BCUT2D eigenvalue weighted by Crippen LogP contribution is 2.28. The minimum Gasteiger partial charge on any atom is -0.507 e. The van der Waals surface area contributed by atoms with Gasteiger partial charge in [-0.2, -0.15) is 0 Å². The fourth-order valence-corrected chi connectivity index (χ4v) is 3.57. The molecule has 4 rings (SSSR count). The Hall–Kier alpha value is -5.44. The summed E-state index contributed by atoms with van der Waals surface area (Å²) in [5.41, 5.74) is 2.02. The van der Waals surface area contributed by atoms with E-state index in [4.69, 9.17) is 9.47 Å². The summed E-state index contributed by atoms with van der Waals surface area (Å²) in [6.07, 6.45) is 6.39. The van der Waals surface area contributed by atoms with Crippen LogP contribution in [-0.2, 0) is 14.4 Å². The molecule has 0 atom stereocenters. The zero-order valence-corrected chi connectivity index (χ0v) is 21.7. The van der Waals surface area contributed by atoms with E-state index in [1.54, 1.807) is 54.6 Å². The van der Waals surface area contributed by atoms with Crippen molar-refractivity contribution in [3.05, 3.63) is 101 Å². The Labute approximate surface area is 229 Å². The Morgan fingerprint density at radius 3 is 1.68 bits per heavy atom. The van der Waals surface area contributed by atoms with Crippen molar-refractivity contribution in [3.63, 3.8) is 0 Å². The van der Waals surface area contributed by atoms with Crippen LogP contribution >= 0.6 is 0 Å². The Kier molecular flexibility index (Phi) is 9.74. The van der Waals surface area contributed by atoms with Gasteiger partial charge in [-0.15, -0.1) is 0 Å². The lowest BCUT2D eigenvalue weighted by Gasteiger charge is -2.10. The largest absolute Gasteiger partial charge is 0.507 e. The van der Waals surface area contributed by atoms with E-state index >= 15 is 0 Å². The lowest BCUT2D eigenvalue weighted by molar-refractivity contribution is -0.122. The first kappa shape index (κ1) is 29.1. The van der Waals surface area contributed by atoms with Crippen LogP contribution in [0.4, 0.5) is 0 Å². The normalized spacial score (nSPS) is 12.4. The number of benzene rings is 3. The van der Waals surface area contributed by atoms with Crippen molar-refractivity contribution >= 4 is 41.0 Å². The van der Waals surface area contributed by atoms with Crippen LogP contribution in [0.1, 0.15) is 33.5 Å². The number of phenols is 2. The smallest absolute Gasteiger partial charge is 0.233 e. The lowest BCUT2D eigenvalue weighted by Crippen LogP contribution is -2.18. The molecule has 1 aliphatic rings. The maximum Gasteiger partial charge on any atom is 0.233 e. The standard InChI is InChI=1S/C21H20O6.C10H6O3/c1-26-20-11-14(5-9-18(20)24)3-7-16(22)13-17(23)8-4-15-6-10-19(25)21(12-15)27-2;11-8-5-9(12)10(13)7-4-2-1-3-6(7)8/h3-12,24-25H,13H2,1-2H3;1-5,11H/b7-3+,8-4+;. The van der Waals surface area contributed by atoms with Crippen molar-refractivity contribution in [1.29, 1.82) is 0 Å². The number of ketones is 4. The van der Waals surface area contributed by atoms with E-state index in [-0.39, 0.29) is 40.8 Å². The van der Waals surface area contributed by atoms with Gasteiger partial charge in [0, 0.05) is 17.2 Å². The minimum atomic E-state index is -0.670. The summed E-state index contributed by atoms with van der Waals surface area (Å²) >= 11 is 0. The van der Waals surface area contributed by atoms with Crippen molar-refractivity contribution < 1.29 is 44.0 Å². The molecule has 3 aromatic rings. The van der Waals surface area contributed by atoms with Gasteiger partial charge in [0.25, 0.3) is 0 Å². The molecule has 0 saturated carbocycles. The molecule has 0 aromatic heterocycles. The SMILES string of the molecule is COc1cc(/C=C/C(=O)CC(=O)/C=C/c2ccc(O)c(OC)c2)ccc1O.O=C1C=C(O)c2ccccc2C1=O. The number of hydrogen-bond acceptors (Lipinski definition) is 9. The summed E-state index contributed by atoms with van der Waals surface area (Å²) in [5, 5.41) is 28.4. The van der Waals surface area contributed by atoms with E-state index in [2.05, 4.69) is 0 Å². The van der Waals surface area contributed by atoms with E-state index in [1.807, 2.05) is 0 Å². The third-order valence-electron chi connectivity index (χ3n) is 5.62. The number of aliphatic hydroxyl groups excluding tert-OH is 1. The molecule has 3 N–H and O–H groups in total. The number of methoxy groups -OCH3 is 2. The van der Waals surface area contributed by atoms with Crippen molar-refractivity contribution in [1.82, 2.24) is 0 Å². The number of aliphatic hydroxyl groups is 1. The van der Waals surface area contributed by atoms with Crippen molar-refractivity contribution in [2.75, 3.05) is 14.2 Å². The maximum absolute atomic E-state index is 11.9. The summed E-state index contributed by atoms with van der Waals surface area (Å²) < 4.78 is 10.00. The number of aromatic hydroxyl groups is 2. The maximum atomic E-state index is 11.9. The Morgan fingerprint density at radius 2 is 1.20 bits per heavy atom. The zero-order chi connectivity index (χ0) is 29.2. The molecule has 1 aliphatic carbocycles. The molecule has 3 aromatic carbocycles. The van der Waals surface area contributed by atoms with Gasteiger partial charge in [-0.1, -0.05) is 48.6 Å². The molecule has 0 radical (unpaired) electrons. The number of rotatable bonds is 8. The molecule has 40 heavy (non-hydrogen) atoms. The van der Waals surface area contributed by atoms with E-state index in [0.717, 1.165) is 6.08 Å². The van der Waals surface area contributed by atoms with Gasteiger partial charge in [-0.25, -0.2) is 0 Å². The van der Waals surface area contributed by atoms with Crippen LogP contribution in [0.3, 0.4) is 0 Å². The Balaban J connectivity index is 0.000000281. The molecule has 9 nitrogen and oxygen atoms in total. The summed E-state index contributed by atoms with van der Waals surface area (Å²) in [4.78, 5) is 46.1. The monoisotopic (exact) mass is 542 g/mol. The molecule has 9 heteroatoms. The van der Waals surface area contributed by atoms with Gasteiger partial charge in [-0.05, 0) is 47.5 Å². The predicted molar refractivity (Wildman–Crippen MR) is 148 cm³/mol. The number of fused-ring (bicyclic) bond motifs is 1. The van der Waals surface area contributed by atoms with Crippen LogP contribution in [0.2, 0.25) is 0 Å². The number of allylic oxidation sites excluding steroid dienone is 3. The van der Waals surface area contributed by atoms with Crippen molar-refractivity contribution in [2.24, 2.45) is 0 Å². The number of phenolic OH excluding ortho intramolecular Hbond substituents is 2. The van der Waals surface area contributed by atoms with Crippen LogP contribution in [0, 0.1) is 0 Å². The molecule has 0 unspecified atom stereocenters. The highest BCUT2D eigenvalue weighted by Gasteiger charge is 2.24. The molecular formula is C31H26O9. The van der Waals surface area contributed by atoms with E-state index in [0.29, 0.717) is 28.2 Å². The minimum absolute atomic E-state index is 0.00662. The Bertz CT molecular complexity index is 1470. The molecule has 0 fully saturated rings. The fourth-order valence-electron chi connectivity index (χ4n) is 3.57. The summed E-state index contributed by atoms with van der Waals surface area (Å²) in [7, 11) is 2.87. The van der Waals surface area contributed by atoms with Crippen LogP contribution in [0.5, 0.6) is 23.0 Å². The fraction of sp³-hybridized carbons (Fsp3) is 0.0968. The van der Waals surface area contributed by atoms with Gasteiger partial charge in [0.15, 0.2) is 34.6 Å². The number of Topliss-reactive ketones (excluding diaryl/α,β-unsaturated/α-hetero) is 1. The Morgan fingerprint density at radius 1 is 0.725 bits per heavy atom. The van der Waals surface area contributed by atoms with Crippen molar-refractivity contribution in [3.8, 4) is 23.0 Å². The predicted octanol–water partition coefficient (Wildman–Crippen LogP) is 4.72. The van der Waals surface area contributed by atoms with E-state index in [1.165, 1.54) is 44.6 Å². The van der Waals surface area contributed by atoms with Gasteiger partial charge in [0.1, 0.15) is 5.76 Å². The first-order chi connectivity index (χ1) is 19.1. The van der Waals surface area contributed by atoms with E-state index < -0.39 is 11.6 Å². The average Bonchev–Trinajstić information content (AvgIpc) is 2.95. The van der Waals surface area contributed by atoms with Crippen molar-refractivity contribution in [2.45, 2.75) is 6.42 Å². The van der Waals surface area contributed by atoms with Crippen LogP contribution in [0.25, 0.3) is 17.9 Å². The van der Waals surface area contributed by atoms with E-state index in [9.17, 15) is 34.5 Å². The number of ether oxygens (including phenoxy) is 2. The molecule has 0 bridgehead atoms. The van der Waals surface area contributed by atoms with Gasteiger partial charge in [0.05, 0.1) is 20.6 Å². The number of carbonyl (C=O) groups excluding carboxylic acids is 4. The second-order valence-electron chi connectivity index (χ2n) is 8.41. The number of carbonyl (C=O) groups is 4. The molecule has 204 valence electrons. The van der Waals surface area contributed by atoms with Gasteiger partial charge in [0.2, 0.25) is 11.6 Å². The van der Waals surface area contributed by atoms with Gasteiger partial charge in [-0.3, -0.25) is 19.2 Å². The summed E-state index contributed by atoms with van der Waals surface area (Å²) in [6, 6.07) is 15.8. The molecule has 0 amide bonds. The topological polar surface area (TPSA) is 147 Å². The van der Waals surface area contributed by atoms with Gasteiger partial charge >= 0.3 is 0 Å². The highest BCUT2D eigenvalue weighted by atomic mass is 16.5. The average molecular weight is 543 g/mol. The van der Waals surface area contributed by atoms with Crippen LogP contribution in [0.15, 0.2) is 78.9 Å². The van der Waals surface area contributed by atoms with Crippen LogP contribution in [-0.4, -0.2) is 52.7 Å².